The molecule has 0 aliphatic carbocycles. The highest BCUT2D eigenvalue weighted by molar-refractivity contribution is 8.15. The molecular formula is C18H15ClFN3OS. The topological polar surface area (TPSA) is 53.8 Å². The van der Waals surface area contributed by atoms with Crippen LogP contribution in [-0.2, 0) is 11.2 Å². The minimum atomic E-state index is -0.300. The van der Waals surface area contributed by atoms with Gasteiger partial charge >= 0.3 is 0 Å². The first-order valence-corrected chi connectivity index (χ1v) is 8.87. The summed E-state index contributed by atoms with van der Waals surface area (Å²) in [5.74, 6) is -0.389. The van der Waals surface area contributed by atoms with E-state index in [1.165, 1.54) is 23.9 Å². The Labute approximate surface area is 154 Å². The number of amidine groups is 1. The van der Waals surface area contributed by atoms with Crippen molar-refractivity contribution in [2.75, 3.05) is 0 Å². The van der Waals surface area contributed by atoms with E-state index in [4.69, 9.17) is 11.6 Å². The van der Waals surface area contributed by atoms with Gasteiger partial charge in [0.2, 0.25) is 5.91 Å². The first-order chi connectivity index (χ1) is 12.0. The summed E-state index contributed by atoms with van der Waals surface area (Å²) in [5.41, 5.74) is 2.45. The Balaban J connectivity index is 1.66. The lowest BCUT2D eigenvalue weighted by molar-refractivity contribution is -0.118. The Hall–Kier alpha value is -2.18. The van der Waals surface area contributed by atoms with Gasteiger partial charge in [0.15, 0.2) is 5.17 Å². The van der Waals surface area contributed by atoms with E-state index in [0.29, 0.717) is 22.3 Å². The van der Waals surface area contributed by atoms with E-state index in [9.17, 15) is 9.18 Å². The van der Waals surface area contributed by atoms with E-state index in [1.54, 1.807) is 31.2 Å². The number of amides is 1. The first-order valence-electron chi connectivity index (χ1n) is 7.61. The van der Waals surface area contributed by atoms with E-state index >= 15 is 0 Å². The Morgan fingerprint density at radius 3 is 2.56 bits per heavy atom. The summed E-state index contributed by atoms with van der Waals surface area (Å²) < 4.78 is 12.9. The van der Waals surface area contributed by atoms with Crippen molar-refractivity contribution >= 4 is 40.1 Å². The van der Waals surface area contributed by atoms with Crippen molar-refractivity contribution in [3.05, 3.63) is 70.5 Å². The molecule has 1 aliphatic rings. The average molecular weight is 376 g/mol. The molecule has 2 aromatic carbocycles. The van der Waals surface area contributed by atoms with E-state index in [1.807, 2.05) is 12.1 Å². The monoisotopic (exact) mass is 375 g/mol. The molecule has 0 aromatic heterocycles. The number of hydrogen-bond donors (Lipinski definition) is 1. The number of nitrogens with one attached hydrogen (secondary N) is 1. The molecule has 0 radical (unpaired) electrons. The van der Waals surface area contributed by atoms with Crippen LogP contribution in [0.3, 0.4) is 0 Å². The van der Waals surface area contributed by atoms with E-state index in [2.05, 4.69) is 15.5 Å². The largest absolute Gasteiger partial charge is 0.303 e. The molecule has 3 rings (SSSR count). The summed E-state index contributed by atoms with van der Waals surface area (Å²) in [6, 6.07) is 13.4. The Morgan fingerprint density at radius 2 is 1.88 bits per heavy atom. The maximum absolute atomic E-state index is 12.9. The molecule has 0 saturated carbocycles. The first kappa shape index (κ1) is 17.6. The lowest BCUT2D eigenvalue weighted by Crippen LogP contribution is -2.25. The molecule has 1 N–H and O–H groups in total. The van der Waals surface area contributed by atoms with Gasteiger partial charge in [-0.3, -0.25) is 4.79 Å². The van der Waals surface area contributed by atoms with Crippen molar-refractivity contribution in [3.63, 3.8) is 0 Å². The van der Waals surface area contributed by atoms with Crippen LogP contribution in [-0.4, -0.2) is 22.0 Å². The Morgan fingerprint density at radius 1 is 1.20 bits per heavy atom. The molecule has 1 atom stereocenters. The van der Waals surface area contributed by atoms with Crippen LogP contribution in [0.15, 0.2) is 58.7 Å². The summed E-state index contributed by atoms with van der Waals surface area (Å²) in [6.07, 6.45) is 0.591. The minimum absolute atomic E-state index is 0.0895. The highest BCUT2D eigenvalue weighted by atomic mass is 35.5. The molecule has 2 aromatic rings. The molecule has 0 spiro atoms. The number of thioether (sulfide) groups is 1. The summed E-state index contributed by atoms with van der Waals surface area (Å²) in [7, 11) is 0. The summed E-state index contributed by atoms with van der Waals surface area (Å²) in [5, 5.41) is 11.8. The molecule has 4 nitrogen and oxygen atoms in total. The number of nitrogens with zero attached hydrogens (tertiary/aromatic N) is 2. The normalized spacial score (nSPS) is 19.3. The van der Waals surface area contributed by atoms with Gasteiger partial charge in [0.1, 0.15) is 5.82 Å². The molecule has 7 heteroatoms. The molecule has 1 amide bonds. The van der Waals surface area contributed by atoms with Crippen LogP contribution in [0, 0.1) is 5.82 Å². The van der Waals surface area contributed by atoms with Crippen molar-refractivity contribution in [1.29, 1.82) is 0 Å². The third-order valence-electron chi connectivity index (χ3n) is 3.66. The van der Waals surface area contributed by atoms with Crippen molar-refractivity contribution in [2.45, 2.75) is 18.6 Å². The van der Waals surface area contributed by atoms with Gasteiger partial charge in [-0.25, -0.2) is 4.39 Å². The number of rotatable bonds is 4. The predicted octanol–water partition coefficient (Wildman–Crippen LogP) is 4.03. The van der Waals surface area contributed by atoms with E-state index in [-0.39, 0.29) is 17.0 Å². The molecule has 1 heterocycles. The van der Waals surface area contributed by atoms with Gasteiger partial charge in [0, 0.05) is 5.02 Å². The predicted molar refractivity (Wildman–Crippen MR) is 101 cm³/mol. The van der Waals surface area contributed by atoms with Crippen LogP contribution < -0.4 is 5.32 Å². The van der Waals surface area contributed by atoms with Gasteiger partial charge in [-0.2, -0.15) is 5.10 Å². The maximum atomic E-state index is 12.9. The van der Waals surface area contributed by atoms with E-state index in [0.717, 1.165) is 11.1 Å². The number of halogens is 2. The SMILES string of the molecule is C/C(=N/N=C1/NC(=O)[C@H](Cc2ccc(Cl)cc2)S1)c1ccc(F)cc1. The molecule has 1 fully saturated rings. The number of hydrogen-bond acceptors (Lipinski definition) is 4. The zero-order chi connectivity index (χ0) is 17.8. The lowest BCUT2D eigenvalue weighted by Gasteiger charge is -2.05. The average Bonchev–Trinajstić information content (AvgIpc) is 2.95. The van der Waals surface area contributed by atoms with Gasteiger partial charge in [-0.15, -0.1) is 5.10 Å². The molecule has 128 valence electrons. The van der Waals surface area contributed by atoms with Gasteiger partial charge in [0.05, 0.1) is 11.0 Å². The van der Waals surface area contributed by atoms with Crippen LogP contribution in [0.4, 0.5) is 4.39 Å². The van der Waals surface area contributed by atoms with Crippen molar-refractivity contribution in [2.24, 2.45) is 10.2 Å². The smallest absolute Gasteiger partial charge is 0.239 e. The third-order valence-corrected chi connectivity index (χ3v) is 4.99. The summed E-state index contributed by atoms with van der Waals surface area (Å²) in [6.45, 7) is 1.78. The summed E-state index contributed by atoms with van der Waals surface area (Å²) in [4.78, 5) is 12.1. The van der Waals surface area contributed by atoms with Gasteiger partial charge in [-0.05, 0) is 48.7 Å². The van der Waals surface area contributed by atoms with Crippen molar-refractivity contribution in [3.8, 4) is 0 Å². The molecule has 1 saturated heterocycles. The van der Waals surface area contributed by atoms with Crippen LogP contribution >= 0.6 is 23.4 Å². The maximum Gasteiger partial charge on any atom is 0.239 e. The van der Waals surface area contributed by atoms with E-state index < -0.39 is 0 Å². The number of carbonyl (C=O) groups is 1. The fourth-order valence-electron chi connectivity index (χ4n) is 2.29. The fraction of sp³-hybridized carbons (Fsp3) is 0.167. The van der Waals surface area contributed by atoms with Gasteiger partial charge in [0.25, 0.3) is 0 Å². The molecular weight excluding hydrogens is 361 g/mol. The Kier molecular flexibility index (Phi) is 5.50. The highest BCUT2D eigenvalue weighted by Crippen LogP contribution is 2.24. The van der Waals surface area contributed by atoms with Crippen molar-refractivity contribution < 1.29 is 9.18 Å². The molecule has 0 unspecified atom stereocenters. The van der Waals surface area contributed by atoms with Crippen molar-refractivity contribution in [1.82, 2.24) is 5.32 Å². The highest BCUT2D eigenvalue weighted by Gasteiger charge is 2.30. The zero-order valence-corrected chi connectivity index (χ0v) is 14.9. The van der Waals surface area contributed by atoms with Gasteiger partial charge < -0.3 is 5.32 Å². The minimum Gasteiger partial charge on any atom is -0.303 e. The third kappa shape index (κ3) is 4.67. The van der Waals surface area contributed by atoms with Crippen LogP contribution in [0.25, 0.3) is 0 Å². The van der Waals surface area contributed by atoms with Gasteiger partial charge in [-0.1, -0.05) is 47.6 Å². The molecule has 25 heavy (non-hydrogen) atoms. The number of benzene rings is 2. The van der Waals surface area contributed by atoms with Crippen LogP contribution in [0.2, 0.25) is 5.02 Å². The second-order valence-corrected chi connectivity index (χ2v) is 7.15. The quantitative estimate of drug-likeness (QED) is 0.647. The second-order valence-electron chi connectivity index (χ2n) is 5.52. The lowest BCUT2D eigenvalue weighted by atomic mass is 10.1. The fourth-order valence-corrected chi connectivity index (χ4v) is 3.38. The molecule has 1 aliphatic heterocycles. The Bertz CT molecular complexity index is 834. The zero-order valence-electron chi connectivity index (χ0n) is 13.4. The van der Waals surface area contributed by atoms with Crippen LogP contribution in [0.5, 0.6) is 0 Å². The van der Waals surface area contributed by atoms with Crippen LogP contribution in [0.1, 0.15) is 18.1 Å². The summed E-state index contributed by atoms with van der Waals surface area (Å²) >= 11 is 7.22. The standard InChI is InChI=1S/C18H15ClFN3OS/c1-11(13-4-8-15(20)9-5-13)22-23-18-21-17(24)16(25-18)10-12-2-6-14(19)7-3-12/h2-9,16H,10H2,1H3,(H,21,23,24)/b22-11-/t16-/m0/s1. The number of carbonyl (C=O) groups excluding carboxylic acids is 1. The molecule has 0 bridgehead atoms. The second kappa shape index (κ2) is 7.80.